The maximum atomic E-state index is 12.2. The third-order valence-electron chi connectivity index (χ3n) is 3.94. The van der Waals surface area contributed by atoms with Crippen molar-refractivity contribution >= 4 is 5.91 Å². The first-order valence-electron chi connectivity index (χ1n) is 8.23. The monoisotopic (exact) mass is 342 g/mol. The molecule has 0 aliphatic carbocycles. The van der Waals surface area contributed by atoms with E-state index < -0.39 is 0 Å². The largest absolute Gasteiger partial charge is 0.497 e. The van der Waals surface area contributed by atoms with Crippen molar-refractivity contribution in [3.63, 3.8) is 0 Å². The Morgan fingerprint density at radius 3 is 2.44 bits per heavy atom. The smallest absolute Gasteiger partial charge is 0.234 e. The van der Waals surface area contributed by atoms with Gasteiger partial charge in [0, 0.05) is 18.7 Å². The Balaban J connectivity index is 1.84. The first kappa shape index (κ1) is 18.8. The number of carbonyl (C=O) groups excluding carboxylic acids is 1. The summed E-state index contributed by atoms with van der Waals surface area (Å²) in [6.45, 7) is 3.53. The molecule has 134 valence electrons. The van der Waals surface area contributed by atoms with Crippen molar-refractivity contribution in [3.8, 4) is 11.5 Å². The Morgan fingerprint density at radius 2 is 1.80 bits per heavy atom. The molecule has 2 aromatic carbocycles. The second kappa shape index (κ2) is 9.08. The molecule has 0 radical (unpaired) electrons. The van der Waals surface area contributed by atoms with E-state index in [4.69, 9.17) is 9.47 Å². The molecule has 0 aromatic heterocycles. The molecule has 2 rings (SSSR count). The average Bonchev–Trinajstić information content (AvgIpc) is 2.60. The number of aryl methyl sites for hydroxylation is 1. The van der Waals surface area contributed by atoms with Crippen LogP contribution < -0.4 is 14.8 Å². The highest BCUT2D eigenvalue weighted by molar-refractivity contribution is 5.78. The van der Waals surface area contributed by atoms with Crippen molar-refractivity contribution in [3.05, 3.63) is 59.2 Å². The second-order valence-corrected chi connectivity index (χ2v) is 6.11. The molecule has 0 aliphatic heterocycles. The fourth-order valence-corrected chi connectivity index (χ4v) is 2.62. The van der Waals surface area contributed by atoms with Crippen LogP contribution in [-0.2, 0) is 17.9 Å². The number of hydrogen-bond donors (Lipinski definition) is 1. The minimum absolute atomic E-state index is 0.00932. The molecule has 0 heterocycles. The van der Waals surface area contributed by atoms with Gasteiger partial charge in [0.1, 0.15) is 11.5 Å². The number of amides is 1. The van der Waals surface area contributed by atoms with Crippen LogP contribution in [0.2, 0.25) is 0 Å². The van der Waals surface area contributed by atoms with Gasteiger partial charge in [0.2, 0.25) is 5.91 Å². The van der Waals surface area contributed by atoms with Crippen LogP contribution in [0, 0.1) is 6.92 Å². The number of methoxy groups -OCH3 is 2. The Kier molecular flexibility index (Phi) is 6.83. The molecular weight excluding hydrogens is 316 g/mol. The van der Waals surface area contributed by atoms with Gasteiger partial charge in [-0.1, -0.05) is 29.8 Å². The summed E-state index contributed by atoms with van der Waals surface area (Å²) in [6.07, 6.45) is 0. The van der Waals surface area contributed by atoms with Crippen molar-refractivity contribution in [2.24, 2.45) is 0 Å². The van der Waals surface area contributed by atoms with Crippen molar-refractivity contribution < 1.29 is 14.3 Å². The molecule has 5 nitrogen and oxygen atoms in total. The lowest BCUT2D eigenvalue weighted by Crippen LogP contribution is -2.34. The van der Waals surface area contributed by atoms with Gasteiger partial charge >= 0.3 is 0 Å². The SMILES string of the molecule is COc1ccc(CNC(=O)CN(C)Cc2cc(C)ccc2OC)cc1. The standard InChI is InChI=1S/C20H26N2O3/c1-15-5-10-19(25-4)17(11-15)13-22(2)14-20(23)21-12-16-6-8-18(24-3)9-7-16/h5-11H,12-14H2,1-4H3,(H,21,23). The van der Waals surface area contributed by atoms with Gasteiger partial charge in [-0.3, -0.25) is 9.69 Å². The van der Waals surface area contributed by atoms with Gasteiger partial charge in [0.05, 0.1) is 20.8 Å². The maximum Gasteiger partial charge on any atom is 0.234 e. The summed E-state index contributed by atoms with van der Waals surface area (Å²) < 4.78 is 10.5. The third-order valence-corrected chi connectivity index (χ3v) is 3.94. The Bertz CT molecular complexity index is 699. The summed E-state index contributed by atoms with van der Waals surface area (Å²) in [6, 6.07) is 13.7. The zero-order valence-electron chi connectivity index (χ0n) is 15.3. The molecule has 25 heavy (non-hydrogen) atoms. The fraction of sp³-hybridized carbons (Fsp3) is 0.350. The van der Waals surface area contributed by atoms with E-state index in [-0.39, 0.29) is 5.91 Å². The molecule has 1 amide bonds. The van der Waals surface area contributed by atoms with Crippen molar-refractivity contribution in [1.82, 2.24) is 10.2 Å². The van der Waals surface area contributed by atoms with Crippen LogP contribution in [0.1, 0.15) is 16.7 Å². The number of likely N-dealkylation sites (N-methyl/N-ethyl adjacent to an activating group) is 1. The summed E-state index contributed by atoms with van der Waals surface area (Å²) in [4.78, 5) is 14.1. The number of rotatable bonds is 8. The molecule has 5 heteroatoms. The van der Waals surface area contributed by atoms with E-state index in [0.717, 1.165) is 22.6 Å². The van der Waals surface area contributed by atoms with Crippen LogP contribution in [0.5, 0.6) is 11.5 Å². The highest BCUT2D eigenvalue weighted by Crippen LogP contribution is 2.20. The molecule has 0 aliphatic rings. The summed E-state index contributed by atoms with van der Waals surface area (Å²) >= 11 is 0. The number of ether oxygens (including phenoxy) is 2. The van der Waals surface area contributed by atoms with Gasteiger partial charge in [-0.2, -0.15) is 0 Å². The molecule has 2 aromatic rings. The zero-order valence-corrected chi connectivity index (χ0v) is 15.3. The van der Waals surface area contributed by atoms with E-state index in [0.29, 0.717) is 19.6 Å². The number of hydrogen-bond acceptors (Lipinski definition) is 4. The van der Waals surface area contributed by atoms with Gasteiger partial charge in [0.25, 0.3) is 0 Å². The van der Waals surface area contributed by atoms with E-state index in [2.05, 4.69) is 11.4 Å². The molecule has 0 unspecified atom stereocenters. The predicted molar refractivity (Wildman–Crippen MR) is 98.9 cm³/mol. The summed E-state index contributed by atoms with van der Waals surface area (Å²) in [5.74, 6) is 1.64. The number of benzene rings is 2. The van der Waals surface area contributed by atoms with Crippen LogP contribution in [0.25, 0.3) is 0 Å². The van der Waals surface area contributed by atoms with E-state index in [1.54, 1.807) is 14.2 Å². The summed E-state index contributed by atoms with van der Waals surface area (Å²) in [7, 11) is 5.22. The van der Waals surface area contributed by atoms with Crippen molar-refractivity contribution in [1.29, 1.82) is 0 Å². The highest BCUT2D eigenvalue weighted by atomic mass is 16.5. The van der Waals surface area contributed by atoms with E-state index >= 15 is 0 Å². The predicted octanol–water partition coefficient (Wildman–Crippen LogP) is 2.76. The lowest BCUT2D eigenvalue weighted by Gasteiger charge is -2.18. The average molecular weight is 342 g/mol. The molecule has 0 atom stereocenters. The van der Waals surface area contributed by atoms with Gasteiger partial charge in [-0.05, 0) is 37.7 Å². The molecule has 0 saturated heterocycles. The highest BCUT2D eigenvalue weighted by Gasteiger charge is 2.10. The molecular formula is C20H26N2O3. The minimum Gasteiger partial charge on any atom is -0.497 e. The topological polar surface area (TPSA) is 50.8 Å². The van der Waals surface area contributed by atoms with Crippen LogP contribution >= 0.6 is 0 Å². The number of carbonyl (C=O) groups is 1. The van der Waals surface area contributed by atoms with E-state index in [1.165, 1.54) is 5.56 Å². The molecule has 1 N–H and O–H groups in total. The van der Waals surface area contributed by atoms with Gasteiger partial charge in [-0.15, -0.1) is 0 Å². The van der Waals surface area contributed by atoms with Crippen LogP contribution in [-0.4, -0.2) is 38.6 Å². The molecule has 0 spiro atoms. The molecule has 0 saturated carbocycles. The molecule has 0 bridgehead atoms. The van der Waals surface area contributed by atoms with Crippen LogP contribution in [0.15, 0.2) is 42.5 Å². The first-order valence-corrected chi connectivity index (χ1v) is 8.23. The number of nitrogens with zero attached hydrogens (tertiary/aromatic N) is 1. The van der Waals surface area contributed by atoms with E-state index in [9.17, 15) is 4.79 Å². The van der Waals surface area contributed by atoms with Crippen molar-refractivity contribution in [2.45, 2.75) is 20.0 Å². The van der Waals surface area contributed by atoms with Crippen LogP contribution in [0.4, 0.5) is 0 Å². The van der Waals surface area contributed by atoms with Crippen LogP contribution in [0.3, 0.4) is 0 Å². The van der Waals surface area contributed by atoms with Gasteiger partial charge in [-0.25, -0.2) is 0 Å². The normalized spacial score (nSPS) is 10.6. The van der Waals surface area contributed by atoms with E-state index in [1.807, 2.05) is 55.3 Å². The lowest BCUT2D eigenvalue weighted by molar-refractivity contribution is -0.122. The first-order chi connectivity index (χ1) is 12.0. The maximum absolute atomic E-state index is 12.2. The second-order valence-electron chi connectivity index (χ2n) is 6.11. The Morgan fingerprint density at radius 1 is 1.08 bits per heavy atom. The lowest BCUT2D eigenvalue weighted by atomic mass is 10.1. The van der Waals surface area contributed by atoms with Gasteiger partial charge in [0.15, 0.2) is 0 Å². The Hall–Kier alpha value is -2.53. The summed E-state index contributed by atoms with van der Waals surface area (Å²) in [5, 5.41) is 2.94. The quantitative estimate of drug-likeness (QED) is 0.801. The zero-order chi connectivity index (χ0) is 18.2. The van der Waals surface area contributed by atoms with Gasteiger partial charge < -0.3 is 14.8 Å². The third kappa shape index (κ3) is 5.80. The minimum atomic E-state index is -0.00932. The molecule has 0 fully saturated rings. The fourth-order valence-electron chi connectivity index (χ4n) is 2.62. The number of nitrogens with one attached hydrogen (secondary N) is 1. The van der Waals surface area contributed by atoms with Crippen molar-refractivity contribution in [2.75, 3.05) is 27.8 Å². The summed E-state index contributed by atoms with van der Waals surface area (Å²) in [5.41, 5.74) is 3.29. The Labute approximate surface area is 149 Å².